The fourth-order valence-electron chi connectivity index (χ4n) is 3.71. The van der Waals surface area contributed by atoms with Gasteiger partial charge in [-0.25, -0.2) is 0 Å². The molecule has 0 aromatic carbocycles. The normalized spacial score (nSPS) is 30.9. The Balaban J connectivity index is 1.87. The van der Waals surface area contributed by atoms with Crippen molar-refractivity contribution in [2.24, 2.45) is 11.1 Å². The topological polar surface area (TPSA) is 32.5 Å². The average molecular weight is 239 g/mol. The second-order valence-corrected chi connectivity index (χ2v) is 6.12. The van der Waals surface area contributed by atoms with Crippen LogP contribution in [0.2, 0.25) is 0 Å². The van der Waals surface area contributed by atoms with Crippen LogP contribution >= 0.6 is 0 Å². The number of nitrogens with two attached hydrogens (primary N) is 1. The first-order valence-electron chi connectivity index (χ1n) is 7.35. The lowest BCUT2D eigenvalue weighted by molar-refractivity contribution is 0.0568. The molecule has 3 nitrogen and oxygen atoms in total. The predicted octanol–water partition coefficient (Wildman–Crippen LogP) is 1.53. The van der Waals surface area contributed by atoms with Crippen molar-refractivity contribution in [1.29, 1.82) is 0 Å². The molecule has 0 amide bonds. The van der Waals surface area contributed by atoms with E-state index >= 15 is 0 Å². The first-order valence-corrected chi connectivity index (χ1v) is 7.35. The maximum absolute atomic E-state index is 6.04. The van der Waals surface area contributed by atoms with E-state index in [0.29, 0.717) is 11.5 Å². The van der Waals surface area contributed by atoms with E-state index in [1.807, 2.05) is 0 Å². The van der Waals surface area contributed by atoms with Gasteiger partial charge in [-0.15, -0.1) is 0 Å². The van der Waals surface area contributed by atoms with Crippen LogP contribution in [0.3, 0.4) is 0 Å². The summed E-state index contributed by atoms with van der Waals surface area (Å²) in [4.78, 5) is 5.25. The van der Waals surface area contributed by atoms with Gasteiger partial charge in [0, 0.05) is 32.2 Å². The maximum Gasteiger partial charge on any atom is 0.0195 e. The van der Waals surface area contributed by atoms with Crippen LogP contribution in [0.15, 0.2) is 0 Å². The molecule has 2 rings (SSSR count). The highest BCUT2D eigenvalue weighted by Gasteiger charge is 2.35. The summed E-state index contributed by atoms with van der Waals surface area (Å²) in [6, 6.07) is 0.713. The van der Waals surface area contributed by atoms with Crippen molar-refractivity contribution < 1.29 is 0 Å². The van der Waals surface area contributed by atoms with Gasteiger partial charge < -0.3 is 5.73 Å². The molecule has 1 unspecified atom stereocenters. The van der Waals surface area contributed by atoms with Gasteiger partial charge in [0.05, 0.1) is 0 Å². The Bertz CT molecular complexity index is 236. The van der Waals surface area contributed by atoms with Gasteiger partial charge in [0.25, 0.3) is 0 Å². The van der Waals surface area contributed by atoms with Crippen LogP contribution in [0.25, 0.3) is 0 Å². The van der Waals surface area contributed by atoms with Crippen molar-refractivity contribution in [2.75, 3.05) is 39.3 Å². The van der Waals surface area contributed by atoms with E-state index in [1.54, 1.807) is 0 Å². The molecule has 17 heavy (non-hydrogen) atoms. The zero-order valence-electron chi connectivity index (χ0n) is 11.6. The van der Waals surface area contributed by atoms with Crippen molar-refractivity contribution in [3.8, 4) is 0 Å². The number of hydrogen-bond acceptors (Lipinski definition) is 3. The number of nitrogens with zero attached hydrogens (tertiary/aromatic N) is 2. The Morgan fingerprint density at radius 1 is 1.24 bits per heavy atom. The quantitative estimate of drug-likeness (QED) is 0.807. The van der Waals surface area contributed by atoms with Gasteiger partial charge in [-0.3, -0.25) is 9.80 Å². The van der Waals surface area contributed by atoms with Crippen LogP contribution in [-0.2, 0) is 0 Å². The van der Waals surface area contributed by atoms with Gasteiger partial charge in [0.2, 0.25) is 0 Å². The molecule has 1 aliphatic carbocycles. The minimum atomic E-state index is 0.452. The highest BCUT2D eigenvalue weighted by Crippen LogP contribution is 2.38. The lowest BCUT2D eigenvalue weighted by Gasteiger charge is -2.43. The van der Waals surface area contributed by atoms with Crippen molar-refractivity contribution >= 4 is 0 Å². The number of piperazine rings is 1. The number of hydrogen-bond donors (Lipinski definition) is 1. The third-order valence-electron chi connectivity index (χ3n) is 4.91. The van der Waals surface area contributed by atoms with Crippen LogP contribution in [-0.4, -0.2) is 55.1 Å². The summed E-state index contributed by atoms with van der Waals surface area (Å²) in [7, 11) is 0. The fourth-order valence-corrected chi connectivity index (χ4v) is 3.71. The molecule has 1 saturated heterocycles. The third kappa shape index (κ3) is 3.01. The Morgan fingerprint density at radius 3 is 2.47 bits per heavy atom. The zero-order valence-corrected chi connectivity index (χ0v) is 11.6. The zero-order chi connectivity index (χ0) is 12.3. The van der Waals surface area contributed by atoms with Crippen LogP contribution in [0.5, 0.6) is 0 Å². The molecule has 100 valence electrons. The van der Waals surface area contributed by atoms with E-state index in [1.165, 1.54) is 58.4 Å². The second kappa shape index (κ2) is 5.68. The minimum absolute atomic E-state index is 0.452. The van der Waals surface area contributed by atoms with E-state index in [2.05, 4.69) is 23.6 Å². The predicted molar refractivity (Wildman–Crippen MR) is 73.1 cm³/mol. The molecule has 0 radical (unpaired) electrons. The van der Waals surface area contributed by atoms with Gasteiger partial charge in [-0.05, 0) is 38.3 Å². The van der Waals surface area contributed by atoms with Crippen LogP contribution in [0, 0.1) is 5.41 Å². The smallest absolute Gasteiger partial charge is 0.0195 e. The Morgan fingerprint density at radius 2 is 1.94 bits per heavy atom. The van der Waals surface area contributed by atoms with Gasteiger partial charge in [-0.2, -0.15) is 0 Å². The summed E-state index contributed by atoms with van der Waals surface area (Å²) in [5, 5.41) is 0. The largest absolute Gasteiger partial charge is 0.330 e. The summed E-state index contributed by atoms with van der Waals surface area (Å²) in [5.74, 6) is 0. The summed E-state index contributed by atoms with van der Waals surface area (Å²) in [5.41, 5.74) is 6.49. The fraction of sp³-hybridized carbons (Fsp3) is 1.00. The Hall–Kier alpha value is -0.120. The molecule has 0 aromatic heterocycles. The molecule has 2 fully saturated rings. The molecule has 1 atom stereocenters. The number of rotatable bonds is 4. The molecule has 0 spiro atoms. The molecule has 0 aromatic rings. The molecule has 2 N–H and O–H groups in total. The summed E-state index contributed by atoms with van der Waals surface area (Å²) in [6.45, 7) is 11.6. The van der Waals surface area contributed by atoms with Crippen LogP contribution in [0.4, 0.5) is 0 Å². The second-order valence-electron chi connectivity index (χ2n) is 6.12. The summed E-state index contributed by atoms with van der Waals surface area (Å²) < 4.78 is 0. The summed E-state index contributed by atoms with van der Waals surface area (Å²) >= 11 is 0. The standard InChI is InChI=1S/C14H29N3/c1-3-17-9-8-16(10-13(17)2)12-14(11-15)6-4-5-7-14/h13H,3-12,15H2,1-2H3. The SMILES string of the molecule is CCN1CCN(CC2(CN)CCCC2)CC1C. The molecule has 1 heterocycles. The van der Waals surface area contributed by atoms with Crippen molar-refractivity contribution in [3.63, 3.8) is 0 Å². The minimum Gasteiger partial charge on any atom is -0.330 e. The van der Waals surface area contributed by atoms with Crippen LogP contribution in [0.1, 0.15) is 39.5 Å². The van der Waals surface area contributed by atoms with E-state index in [0.717, 1.165) is 6.54 Å². The first kappa shape index (κ1) is 13.3. The van der Waals surface area contributed by atoms with Gasteiger partial charge in [0.15, 0.2) is 0 Å². The molecular weight excluding hydrogens is 210 g/mol. The van der Waals surface area contributed by atoms with Gasteiger partial charge >= 0.3 is 0 Å². The van der Waals surface area contributed by atoms with E-state index < -0.39 is 0 Å². The lowest BCUT2D eigenvalue weighted by Crippen LogP contribution is -2.54. The molecular formula is C14H29N3. The Kier molecular flexibility index (Phi) is 4.45. The molecule has 1 aliphatic heterocycles. The van der Waals surface area contributed by atoms with Gasteiger partial charge in [-0.1, -0.05) is 19.8 Å². The van der Waals surface area contributed by atoms with Crippen molar-refractivity contribution in [3.05, 3.63) is 0 Å². The highest BCUT2D eigenvalue weighted by atomic mass is 15.3. The van der Waals surface area contributed by atoms with Crippen LogP contribution < -0.4 is 5.73 Å². The van der Waals surface area contributed by atoms with E-state index in [-0.39, 0.29) is 0 Å². The van der Waals surface area contributed by atoms with E-state index in [4.69, 9.17) is 5.73 Å². The van der Waals surface area contributed by atoms with Gasteiger partial charge in [0.1, 0.15) is 0 Å². The highest BCUT2D eigenvalue weighted by molar-refractivity contribution is 4.90. The van der Waals surface area contributed by atoms with E-state index in [9.17, 15) is 0 Å². The first-order chi connectivity index (χ1) is 8.19. The average Bonchev–Trinajstić information content (AvgIpc) is 2.79. The number of likely N-dealkylation sites (N-methyl/N-ethyl adjacent to an activating group) is 1. The maximum atomic E-state index is 6.04. The molecule has 0 bridgehead atoms. The molecule has 2 aliphatic rings. The summed E-state index contributed by atoms with van der Waals surface area (Å²) in [6.07, 6.45) is 5.49. The Labute approximate surface area is 106 Å². The third-order valence-corrected chi connectivity index (χ3v) is 4.91. The monoisotopic (exact) mass is 239 g/mol. The molecule has 3 heteroatoms. The lowest BCUT2D eigenvalue weighted by atomic mass is 9.85. The molecule has 1 saturated carbocycles. The van der Waals surface area contributed by atoms with Crippen molar-refractivity contribution in [2.45, 2.75) is 45.6 Å². The van der Waals surface area contributed by atoms with Crippen molar-refractivity contribution in [1.82, 2.24) is 9.80 Å².